The number of hydrogen-bond acceptors (Lipinski definition) is 3. The van der Waals surface area contributed by atoms with Crippen molar-refractivity contribution >= 4 is 11.7 Å². The molecule has 1 amide bonds. The van der Waals surface area contributed by atoms with Crippen molar-refractivity contribution < 1.29 is 9.59 Å². The van der Waals surface area contributed by atoms with Crippen LogP contribution >= 0.6 is 0 Å². The Morgan fingerprint density at radius 3 is 2.81 bits per heavy atom. The average molecular weight is 226 g/mol. The fourth-order valence-corrected chi connectivity index (χ4v) is 1.82. The summed E-state index contributed by atoms with van der Waals surface area (Å²) >= 11 is 0. The Morgan fingerprint density at radius 1 is 1.56 bits per heavy atom. The highest BCUT2D eigenvalue weighted by atomic mass is 16.2. The van der Waals surface area contributed by atoms with Crippen molar-refractivity contribution in [1.82, 2.24) is 10.2 Å². The van der Waals surface area contributed by atoms with Crippen LogP contribution in [0.2, 0.25) is 0 Å². The number of nitrogens with zero attached hydrogens (tertiary/aromatic N) is 1. The van der Waals surface area contributed by atoms with Gasteiger partial charge in [0.25, 0.3) is 0 Å². The third-order valence-electron chi connectivity index (χ3n) is 2.83. The molecule has 1 N–H and O–H groups in total. The molecule has 0 aromatic carbocycles. The van der Waals surface area contributed by atoms with Crippen LogP contribution in [0.25, 0.3) is 0 Å². The number of piperidine rings is 1. The van der Waals surface area contributed by atoms with Gasteiger partial charge in [-0.15, -0.1) is 0 Å². The topological polar surface area (TPSA) is 49.4 Å². The molecule has 0 aromatic rings. The van der Waals surface area contributed by atoms with E-state index in [1.807, 2.05) is 6.92 Å². The summed E-state index contributed by atoms with van der Waals surface area (Å²) in [6, 6.07) is 0. The maximum atomic E-state index is 11.6. The molecule has 0 aliphatic carbocycles. The molecule has 4 heteroatoms. The zero-order chi connectivity index (χ0) is 12.1. The molecule has 0 radical (unpaired) electrons. The first-order valence-electron chi connectivity index (χ1n) is 6.00. The van der Waals surface area contributed by atoms with Crippen LogP contribution in [0, 0.1) is 11.8 Å². The summed E-state index contributed by atoms with van der Waals surface area (Å²) in [6.45, 7) is 8.65. The van der Waals surface area contributed by atoms with Gasteiger partial charge in [0.15, 0.2) is 0 Å². The van der Waals surface area contributed by atoms with Gasteiger partial charge in [-0.1, -0.05) is 20.8 Å². The summed E-state index contributed by atoms with van der Waals surface area (Å²) in [5.74, 6) is 0.937. The lowest BCUT2D eigenvalue weighted by Crippen LogP contribution is -2.45. The molecule has 0 spiro atoms. The van der Waals surface area contributed by atoms with E-state index >= 15 is 0 Å². The molecule has 1 aliphatic rings. The van der Waals surface area contributed by atoms with Gasteiger partial charge in [0.2, 0.25) is 5.91 Å². The van der Waals surface area contributed by atoms with Crippen LogP contribution in [0.4, 0.5) is 0 Å². The Morgan fingerprint density at radius 2 is 2.25 bits per heavy atom. The molecular formula is C12H22N2O2. The molecule has 1 saturated heterocycles. The average Bonchev–Trinajstić information content (AvgIpc) is 2.21. The number of carbonyl (C=O) groups excluding carboxylic acids is 2. The van der Waals surface area contributed by atoms with Gasteiger partial charge in [-0.2, -0.15) is 0 Å². The van der Waals surface area contributed by atoms with Crippen LogP contribution in [0.15, 0.2) is 0 Å². The minimum Gasteiger partial charge on any atom is -0.355 e. The first-order valence-corrected chi connectivity index (χ1v) is 6.00. The summed E-state index contributed by atoms with van der Waals surface area (Å²) in [5.41, 5.74) is 0. The second kappa shape index (κ2) is 5.99. The fraction of sp³-hybridized carbons (Fsp3) is 0.833. The quantitative estimate of drug-likeness (QED) is 0.766. The summed E-state index contributed by atoms with van der Waals surface area (Å²) < 4.78 is 0. The summed E-state index contributed by atoms with van der Waals surface area (Å²) in [5, 5.41) is 2.89. The van der Waals surface area contributed by atoms with Crippen LogP contribution in [-0.2, 0) is 9.59 Å². The van der Waals surface area contributed by atoms with Gasteiger partial charge >= 0.3 is 0 Å². The SMILES string of the molecule is CC(C)CNC(=O)CN1CCC(=O)C(C)C1. The van der Waals surface area contributed by atoms with E-state index in [-0.39, 0.29) is 11.8 Å². The summed E-state index contributed by atoms with van der Waals surface area (Å²) in [6.07, 6.45) is 0.582. The van der Waals surface area contributed by atoms with E-state index in [2.05, 4.69) is 24.1 Å². The Bertz CT molecular complexity index is 264. The van der Waals surface area contributed by atoms with E-state index in [0.717, 1.165) is 13.1 Å². The van der Waals surface area contributed by atoms with Crippen molar-refractivity contribution in [2.75, 3.05) is 26.2 Å². The fourth-order valence-electron chi connectivity index (χ4n) is 1.82. The monoisotopic (exact) mass is 226 g/mol. The van der Waals surface area contributed by atoms with E-state index < -0.39 is 0 Å². The summed E-state index contributed by atoms with van der Waals surface area (Å²) in [7, 11) is 0. The predicted octanol–water partition coefficient (Wildman–Crippen LogP) is 0.670. The molecule has 0 saturated carbocycles. The van der Waals surface area contributed by atoms with Crippen molar-refractivity contribution in [2.45, 2.75) is 27.2 Å². The third-order valence-corrected chi connectivity index (χ3v) is 2.83. The van der Waals surface area contributed by atoms with E-state index in [1.54, 1.807) is 0 Å². The lowest BCUT2D eigenvalue weighted by Gasteiger charge is -2.29. The van der Waals surface area contributed by atoms with Gasteiger partial charge < -0.3 is 5.32 Å². The number of carbonyl (C=O) groups is 2. The van der Waals surface area contributed by atoms with Crippen molar-refractivity contribution in [2.24, 2.45) is 11.8 Å². The molecule has 0 aromatic heterocycles. The number of nitrogens with one attached hydrogen (secondary N) is 1. The van der Waals surface area contributed by atoms with Crippen molar-refractivity contribution in [1.29, 1.82) is 0 Å². The molecule has 1 unspecified atom stereocenters. The highest BCUT2D eigenvalue weighted by molar-refractivity contribution is 5.82. The molecule has 1 rings (SSSR count). The minimum absolute atomic E-state index is 0.0650. The normalized spacial score (nSPS) is 22.5. The number of ketones is 1. The Hall–Kier alpha value is -0.900. The van der Waals surface area contributed by atoms with Gasteiger partial charge in [0, 0.05) is 32.0 Å². The van der Waals surface area contributed by atoms with Crippen molar-refractivity contribution in [3.05, 3.63) is 0 Å². The zero-order valence-electron chi connectivity index (χ0n) is 10.5. The van der Waals surface area contributed by atoms with E-state index in [9.17, 15) is 9.59 Å². The number of likely N-dealkylation sites (tertiary alicyclic amines) is 1. The number of amides is 1. The molecule has 1 aliphatic heterocycles. The van der Waals surface area contributed by atoms with E-state index in [1.165, 1.54) is 0 Å². The van der Waals surface area contributed by atoms with Crippen LogP contribution in [0.5, 0.6) is 0 Å². The van der Waals surface area contributed by atoms with Gasteiger partial charge in [0.05, 0.1) is 6.54 Å². The Labute approximate surface area is 97.4 Å². The second-order valence-electron chi connectivity index (χ2n) is 5.05. The van der Waals surface area contributed by atoms with Gasteiger partial charge in [-0.25, -0.2) is 0 Å². The van der Waals surface area contributed by atoms with Crippen LogP contribution < -0.4 is 5.32 Å². The highest BCUT2D eigenvalue weighted by Crippen LogP contribution is 2.11. The van der Waals surface area contributed by atoms with Crippen molar-refractivity contribution in [3.8, 4) is 0 Å². The highest BCUT2D eigenvalue weighted by Gasteiger charge is 2.24. The Balaban J connectivity index is 2.26. The largest absolute Gasteiger partial charge is 0.355 e. The van der Waals surface area contributed by atoms with E-state index in [4.69, 9.17) is 0 Å². The van der Waals surface area contributed by atoms with Gasteiger partial charge in [0.1, 0.15) is 5.78 Å². The lowest BCUT2D eigenvalue weighted by molar-refractivity contribution is -0.129. The van der Waals surface area contributed by atoms with Gasteiger partial charge in [-0.05, 0) is 5.92 Å². The third kappa shape index (κ3) is 4.31. The summed E-state index contributed by atoms with van der Waals surface area (Å²) in [4.78, 5) is 24.9. The molecular weight excluding hydrogens is 204 g/mol. The molecule has 92 valence electrons. The maximum absolute atomic E-state index is 11.6. The van der Waals surface area contributed by atoms with Crippen molar-refractivity contribution in [3.63, 3.8) is 0 Å². The first-order chi connectivity index (χ1) is 7.49. The van der Waals surface area contributed by atoms with Crippen LogP contribution in [-0.4, -0.2) is 42.8 Å². The molecule has 4 nitrogen and oxygen atoms in total. The molecule has 1 heterocycles. The Kier molecular flexibility index (Phi) is 4.93. The van der Waals surface area contributed by atoms with Gasteiger partial charge in [-0.3, -0.25) is 14.5 Å². The zero-order valence-corrected chi connectivity index (χ0v) is 10.5. The predicted molar refractivity (Wildman–Crippen MR) is 63.1 cm³/mol. The van der Waals surface area contributed by atoms with Crippen LogP contribution in [0.1, 0.15) is 27.2 Å². The molecule has 16 heavy (non-hydrogen) atoms. The lowest BCUT2D eigenvalue weighted by atomic mass is 9.99. The van der Waals surface area contributed by atoms with Crippen LogP contribution in [0.3, 0.4) is 0 Å². The minimum atomic E-state index is 0.0650. The first kappa shape index (κ1) is 13.2. The second-order valence-corrected chi connectivity index (χ2v) is 5.05. The van der Waals surface area contributed by atoms with E-state index in [0.29, 0.717) is 31.2 Å². The molecule has 0 bridgehead atoms. The number of rotatable bonds is 4. The smallest absolute Gasteiger partial charge is 0.234 e. The molecule has 1 atom stereocenters. The maximum Gasteiger partial charge on any atom is 0.234 e. The molecule has 1 fully saturated rings. The number of Topliss-reactive ketones (excluding diaryl/α,β-unsaturated/α-hetero) is 1. The standard InChI is InChI=1S/C12H22N2O2/c1-9(2)6-13-12(16)8-14-5-4-11(15)10(3)7-14/h9-10H,4-8H2,1-3H3,(H,13,16). The number of hydrogen-bond donors (Lipinski definition) is 1.